The number of carbonyl (C=O) groups is 2. The summed E-state index contributed by atoms with van der Waals surface area (Å²) in [7, 11) is 0. The van der Waals surface area contributed by atoms with Crippen LogP contribution in [0.5, 0.6) is 0 Å². The Morgan fingerprint density at radius 3 is 2.42 bits per heavy atom. The average molecular weight is 429 g/mol. The molecule has 4 heterocycles. The summed E-state index contributed by atoms with van der Waals surface area (Å²) < 4.78 is 3.05. The van der Waals surface area contributed by atoms with Gasteiger partial charge in [-0.2, -0.15) is 0 Å². The van der Waals surface area contributed by atoms with Gasteiger partial charge in [-0.1, -0.05) is 0 Å². The second kappa shape index (κ2) is 4.88. The molecule has 0 N–H and O–H groups in total. The fourth-order valence-electron chi connectivity index (χ4n) is 3.55. The molecule has 0 fully saturated rings. The molecule has 0 radical (unpaired) electrons. The molecule has 0 atom stereocenters. The van der Waals surface area contributed by atoms with Crippen molar-refractivity contribution in [3.05, 3.63) is 49.9 Å². The summed E-state index contributed by atoms with van der Waals surface area (Å²) >= 11 is 2.76. The van der Waals surface area contributed by atoms with E-state index in [1.807, 2.05) is 17.4 Å². The normalized spacial score (nSPS) is 17.2. The van der Waals surface area contributed by atoms with Gasteiger partial charge in [0.2, 0.25) is 0 Å². The van der Waals surface area contributed by atoms with Crippen LogP contribution in [-0.4, -0.2) is 24.8 Å². The molecule has 5 rings (SSSR count). The van der Waals surface area contributed by atoms with Gasteiger partial charge in [-0.3, -0.25) is 0 Å². The van der Waals surface area contributed by atoms with E-state index < -0.39 is 13.3 Å². The quantitative estimate of drug-likeness (QED) is 0.331. The van der Waals surface area contributed by atoms with Crippen LogP contribution in [0.25, 0.3) is 15.8 Å². The van der Waals surface area contributed by atoms with E-state index in [1.165, 1.54) is 25.5 Å². The van der Waals surface area contributed by atoms with Crippen LogP contribution in [0.4, 0.5) is 0 Å². The van der Waals surface area contributed by atoms with Crippen molar-refractivity contribution < 1.29 is 9.59 Å². The van der Waals surface area contributed by atoms with Crippen LogP contribution in [0.2, 0.25) is 11.5 Å². The van der Waals surface area contributed by atoms with Gasteiger partial charge >= 0.3 is 154 Å². The van der Waals surface area contributed by atoms with Gasteiger partial charge in [0, 0.05) is 0 Å². The van der Waals surface area contributed by atoms with E-state index >= 15 is 0 Å². The maximum atomic E-state index is 12.5. The van der Waals surface area contributed by atoms with Crippen molar-refractivity contribution in [2.75, 3.05) is 0 Å². The number of ketones is 2. The summed E-state index contributed by atoms with van der Waals surface area (Å²) in [5.41, 5.74) is 1.46. The van der Waals surface area contributed by atoms with Crippen LogP contribution < -0.4 is 8.79 Å². The molecule has 3 aromatic rings. The number of thiophene rings is 3. The first-order valence-electron chi connectivity index (χ1n) is 7.58. The molecule has 3 aromatic heterocycles. The van der Waals surface area contributed by atoms with E-state index in [0.717, 1.165) is 4.88 Å². The molecule has 1 aliphatic carbocycles. The second-order valence-corrected chi connectivity index (χ2v) is 18.4. The average Bonchev–Trinajstić information content (AvgIpc) is 3.31. The summed E-state index contributed by atoms with van der Waals surface area (Å²) in [5, 5.41) is 5.74. The summed E-state index contributed by atoms with van der Waals surface area (Å²) in [4.78, 5) is 28.7. The predicted molar refractivity (Wildman–Crippen MR) is 105 cm³/mol. The van der Waals surface area contributed by atoms with E-state index in [0.29, 0.717) is 16.7 Å². The monoisotopic (exact) mass is 430 g/mol. The molecule has 2 nitrogen and oxygen atoms in total. The molecule has 1 aliphatic heterocycles. The summed E-state index contributed by atoms with van der Waals surface area (Å²) in [6, 6.07) is 4.51. The number of rotatable bonds is 1. The van der Waals surface area contributed by atoms with Crippen molar-refractivity contribution in [2.24, 2.45) is 0 Å². The number of fused-ring (bicyclic) bond motifs is 4. The fourth-order valence-corrected chi connectivity index (χ4v) is 16.2. The first-order valence-corrected chi connectivity index (χ1v) is 16.5. The van der Waals surface area contributed by atoms with Gasteiger partial charge in [-0.25, -0.2) is 0 Å². The number of hydrogen-bond acceptors (Lipinski definition) is 5. The molecule has 0 amide bonds. The SMILES string of the molecule is [CH3][Ge]1([CH3])[c]2ccsc2-c2sc(C=C3C(=O)c4cscc4C3=O)c[c]21. The van der Waals surface area contributed by atoms with Crippen molar-refractivity contribution >= 4 is 73.7 Å². The van der Waals surface area contributed by atoms with Gasteiger partial charge in [0.15, 0.2) is 0 Å². The van der Waals surface area contributed by atoms with Crippen LogP contribution in [0, 0.1) is 0 Å². The van der Waals surface area contributed by atoms with Gasteiger partial charge < -0.3 is 0 Å². The molecule has 0 saturated carbocycles. The Morgan fingerprint density at radius 1 is 1.00 bits per heavy atom. The molecular weight excluding hydrogens is 417 g/mol. The standard InChI is InChI=1S/C18H12GeO2S3/c1-19(2)13-3-4-23-17(13)18-14(19)6-9(24-18)5-10-15(20)11-7-22-8-12(11)16(10)21/h3-8H,1-2H3. The molecule has 0 saturated heterocycles. The molecule has 0 bridgehead atoms. The van der Waals surface area contributed by atoms with E-state index in [2.05, 4.69) is 29.0 Å². The zero-order valence-electron chi connectivity index (χ0n) is 13.0. The molecule has 0 spiro atoms. The molecular formula is C18H12GeO2S3. The Morgan fingerprint density at radius 2 is 1.71 bits per heavy atom. The van der Waals surface area contributed by atoms with Crippen LogP contribution in [-0.2, 0) is 0 Å². The Kier molecular flexibility index (Phi) is 3.05. The number of carbonyl (C=O) groups excluding carboxylic acids is 2. The second-order valence-electron chi connectivity index (χ2n) is 6.60. The zero-order valence-corrected chi connectivity index (χ0v) is 17.6. The van der Waals surface area contributed by atoms with Crippen molar-refractivity contribution in [2.45, 2.75) is 11.5 Å². The van der Waals surface area contributed by atoms with Gasteiger partial charge in [-0.05, 0) is 0 Å². The minimum atomic E-state index is -2.19. The molecule has 2 aliphatic rings. The van der Waals surface area contributed by atoms with Crippen molar-refractivity contribution in [3.63, 3.8) is 0 Å². The number of Topliss-reactive ketones (excluding diaryl/α,β-unsaturated/α-hetero) is 2. The summed E-state index contributed by atoms with van der Waals surface area (Å²) in [6.45, 7) is 0. The Balaban J connectivity index is 1.63. The molecule has 6 heteroatoms. The van der Waals surface area contributed by atoms with Gasteiger partial charge in [0.05, 0.1) is 0 Å². The molecule has 118 valence electrons. The van der Waals surface area contributed by atoms with Crippen LogP contribution in [0.1, 0.15) is 25.6 Å². The van der Waals surface area contributed by atoms with E-state index in [4.69, 9.17) is 0 Å². The Bertz CT molecular complexity index is 1050. The third-order valence-corrected chi connectivity index (χ3v) is 15.9. The Labute approximate surface area is 153 Å². The number of hydrogen-bond donors (Lipinski definition) is 0. The van der Waals surface area contributed by atoms with Gasteiger partial charge in [0.25, 0.3) is 0 Å². The van der Waals surface area contributed by atoms with Gasteiger partial charge in [-0.15, -0.1) is 0 Å². The molecule has 0 unspecified atom stereocenters. The first kappa shape index (κ1) is 15.0. The number of allylic oxidation sites excluding steroid dienone is 1. The molecule has 24 heavy (non-hydrogen) atoms. The van der Waals surface area contributed by atoms with E-state index in [9.17, 15) is 9.59 Å². The van der Waals surface area contributed by atoms with Crippen LogP contribution in [0.15, 0.2) is 33.8 Å². The Hall–Kier alpha value is -1.28. The van der Waals surface area contributed by atoms with E-state index in [1.54, 1.807) is 26.5 Å². The van der Waals surface area contributed by atoms with Gasteiger partial charge in [0.1, 0.15) is 0 Å². The first-order chi connectivity index (χ1) is 11.5. The third kappa shape index (κ3) is 1.81. The maximum absolute atomic E-state index is 12.5. The van der Waals surface area contributed by atoms with Crippen molar-refractivity contribution in [1.82, 2.24) is 0 Å². The summed E-state index contributed by atoms with van der Waals surface area (Å²) in [5.74, 6) is 4.60. The topological polar surface area (TPSA) is 34.1 Å². The van der Waals surface area contributed by atoms with E-state index in [-0.39, 0.29) is 11.6 Å². The minimum absolute atomic E-state index is 0.123. The van der Waals surface area contributed by atoms with Crippen molar-refractivity contribution in [3.8, 4) is 9.75 Å². The third-order valence-electron chi connectivity index (χ3n) is 4.90. The predicted octanol–water partition coefficient (Wildman–Crippen LogP) is 4.14. The zero-order chi connectivity index (χ0) is 16.6. The summed E-state index contributed by atoms with van der Waals surface area (Å²) in [6.07, 6.45) is 1.81. The van der Waals surface area contributed by atoms with Crippen molar-refractivity contribution in [1.29, 1.82) is 0 Å². The fraction of sp³-hybridized carbons (Fsp3) is 0.111. The van der Waals surface area contributed by atoms with Crippen LogP contribution in [0.3, 0.4) is 0 Å². The molecule has 0 aromatic carbocycles. The van der Waals surface area contributed by atoms with Crippen LogP contribution >= 0.6 is 34.0 Å².